The van der Waals surface area contributed by atoms with Crippen molar-refractivity contribution in [1.82, 2.24) is 19.2 Å². The molecule has 1 amide bonds. The molecule has 2 aromatic heterocycles. The lowest BCUT2D eigenvalue weighted by atomic mass is 10.1. The molecule has 2 aromatic carbocycles. The van der Waals surface area contributed by atoms with Crippen LogP contribution in [0.1, 0.15) is 22.8 Å². The molecule has 32 heavy (non-hydrogen) atoms. The fourth-order valence-corrected chi connectivity index (χ4v) is 4.04. The first-order valence-electron chi connectivity index (χ1n) is 9.63. The Labute approximate surface area is 192 Å². The summed E-state index contributed by atoms with van der Waals surface area (Å²) in [6.07, 6.45) is 3.04. The third-order valence-corrected chi connectivity index (χ3v) is 5.90. The standard InChI is InChI=1S/C22H18ClN5O3S/c1-14(29)16-3-2-4-18(11-16)25-19(30)12-28-22(31)27-10-9-24-21(20(27)26-28)32-13-15-5-7-17(23)8-6-15/h2-11H,12-13H2,1H3,(H,25,30). The molecule has 0 spiro atoms. The molecule has 0 fully saturated rings. The normalized spacial score (nSPS) is 10.9. The number of hydrogen-bond donors (Lipinski definition) is 1. The number of hydrogen-bond acceptors (Lipinski definition) is 6. The lowest BCUT2D eigenvalue weighted by Gasteiger charge is -2.05. The highest BCUT2D eigenvalue weighted by Gasteiger charge is 2.15. The van der Waals surface area contributed by atoms with Gasteiger partial charge in [0.05, 0.1) is 0 Å². The predicted octanol–water partition coefficient (Wildman–Crippen LogP) is 3.68. The smallest absolute Gasteiger partial charge is 0.324 e. The number of benzene rings is 2. The van der Waals surface area contributed by atoms with E-state index in [1.165, 1.54) is 35.5 Å². The van der Waals surface area contributed by atoms with Crippen molar-refractivity contribution in [3.05, 3.63) is 87.6 Å². The van der Waals surface area contributed by atoms with Gasteiger partial charge in [0, 0.05) is 34.4 Å². The molecule has 8 nitrogen and oxygen atoms in total. The van der Waals surface area contributed by atoms with E-state index in [-0.39, 0.29) is 12.3 Å². The maximum absolute atomic E-state index is 12.7. The highest BCUT2D eigenvalue weighted by molar-refractivity contribution is 7.98. The number of fused-ring (bicyclic) bond motifs is 1. The van der Waals surface area contributed by atoms with E-state index in [1.54, 1.807) is 24.3 Å². The Balaban J connectivity index is 1.51. The number of anilines is 1. The first-order chi connectivity index (χ1) is 15.4. The van der Waals surface area contributed by atoms with Crippen LogP contribution in [0, 0.1) is 0 Å². The minimum atomic E-state index is -0.441. The fraction of sp³-hybridized carbons (Fsp3) is 0.136. The Morgan fingerprint density at radius 2 is 1.94 bits per heavy atom. The summed E-state index contributed by atoms with van der Waals surface area (Å²) in [5.74, 6) is 0.0889. The van der Waals surface area contributed by atoms with Crippen LogP contribution in [0.4, 0.5) is 5.69 Å². The van der Waals surface area contributed by atoms with E-state index in [0.717, 1.165) is 10.2 Å². The summed E-state index contributed by atoms with van der Waals surface area (Å²) in [4.78, 5) is 41.0. The average Bonchev–Trinajstić information content (AvgIpc) is 3.09. The molecule has 2 heterocycles. The molecule has 0 bridgehead atoms. The first kappa shape index (κ1) is 21.8. The molecule has 0 unspecified atom stereocenters. The largest absolute Gasteiger partial charge is 0.350 e. The molecule has 0 saturated heterocycles. The van der Waals surface area contributed by atoms with Crippen molar-refractivity contribution in [1.29, 1.82) is 0 Å². The second kappa shape index (κ2) is 9.37. The van der Waals surface area contributed by atoms with Crippen LogP contribution in [-0.4, -0.2) is 30.9 Å². The number of amides is 1. The quantitative estimate of drug-likeness (QED) is 0.329. The van der Waals surface area contributed by atoms with Crippen LogP contribution < -0.4 is 11.0 Å². The summed E-state index contributed by atoms with van der Waals surface area (Å²) in [6, 6.07) is 14.1. The minimum absolute atomic E-state index is 0.103. The van der Waals surface area contributed by atoms with Gasteiger partial charge in [-0.05, 0) is 36.8 Å². The minimum Gasteiger partial charge on any atom is -0.324 e. The second-order valence-corrected chi connectivity index (χ2v) is 8.37. The molecule has 162 valence electrons. The number of rotatable bonds is 7. The van der Waals surface area contributed by atoms with E-state index in [9.17, 15) is 14.4 Å². The second-order valence-electron chi connectivity index (χ2n) is 6.97. The zero-order valence-electron chi connectivity index (χ0n) is 17.0. The molecular formula is C22H18ClN5O3S. The van der Waals surface area contributed by atoms with Crippen molar-refractivity contribution in [2.75, 3.05) is 5.32 Å². The predicted molar refractivity (Wildman–Crippen MR) is 123 cm³/mol. The van der Waals surface area contributed by atoms with E-state index in [1.807, 2.05) is 24.3 Å². The van der Waals surface area contributed by atoms with Crippen molar-refractivity contribution >= 4 is 46.4 Å². The molecule has 4 aromatic rings. The Bertz CT molecular complexity index is 1360. The first-order valence-corrected chi connectivity index (χ1v) is 11.0. The Morgan fingerprint density at radius 1 is 1.16 bits per heavy atom. The average molecular weight is 468 g/mol. The summed E-state index contributed by atoms with van der Waals surface area (Å²) in [5.41, 5.74) is 1.95. The number of thioether (sulfide) groups is 1. The van der Waals surface area contributed by atoms with Gasteiger partial charge >= 0.3 is 5.69 Å². The van der Waals surface area contributed by atoms with Gasteiger partial charge in [0.25, 0.3) is 0 Å². The molecule has 0 aliphatic rings. The Hall–Kier alpha value is -3.43. The summed E-state index contributed by atoms with van der Waals surface area (Å²) in [5, 5.41) is 8.24. The zero-order chi connectivity index (χ0) is 22.7. The molecule has 4 rings (SSSR count). The van der Waals surface area contributed by atoms with Crippen molar-refractivity contribution in [3.8, 4) is 0 Å². The molecule has 0 aliphatic carbocycles. The fourth-order valence-electron chi connectivity index (χ4n) is 3.02. The van der Waals surface area contributed by atoms with Crippen LogP contribution in [0.5, 0.6) is 0 Å². The topological polar surface area (TPSA) is 98.4 Å². The van der Waals surface area contributed by atoms with Crippen LogP contribution in [-0.2, 0) is 17.1 Å². The maximum Gasteiger partial charge on any atom is 0.350 e. The molecule has 0 radical (unpaired) electrons. The van der Waals surface area contributed by atoms with Crippen molar-refractivity contribution < 1.29 is 9.59 Å². The van der Waals surface area contributed by atoms with Gasteiger partial charge < -0.3 is 5.32 Å². The van der Waals surface area contributed by atoms with E-state index in [4.69, 9.17) is 11.6 Å². The lowest BCUT2D eigenvalue weighted by molar-refractivity contribution is -0.117. The van der Waals surface area contributed by atoms with Gasteiger partial charge in [0.1, 0.15) is 11.6 Å². The third kappa shape index (κ3) is 4.90. The van der Waals surface area contributed by atoms with Gasteiger partial charge in [-0.1, -0.05) is 47.6 Å². The highest BCUT2D eigenvalue weighted by atomic mass is 35.5. The van der Waals surface area contributed by atoms with Gasteiger partial charge in [-0.25, -0.2) is 18.9 Å². The number of aromatic nitrogens is 4. The lowest BCUT2D eigenvalue weighted by Crippen LogP contribution is -2.28. The summed E-state index contributed by atoms with van der Waals surface area (Å²) >= 11 is 7.36. The summed E-state index contributed by atoms with van der Waals surface area (Å²) < 4.78 is 2.45. The monoisotopic (exact) mass is 467 g/mol. The molecule has 0 aliphatic heterocycles. The van der Waals surface area contributed by atoms with Gasteiger partial charge in [-0.2, -0.15) is 0 Å². The third-order valence-electron chi connectivity index (χ3n) is 4.60. The maximum atomic E-state index is 12.7. The van der Waals surface area contributed by atoms with Gasteiger partial charge in [0.15, 0.2) is 11.4 Å². The van der Waals surface area contributed by atoms with E-state index in [0.29, 0.717) is 32.7 Å². The van der Waals surface area contributed by atoms with E-state index in [2.05, 4.69) is 15.4 Å². The number of nitrogens with one attached hydrogen (secondary N) is 1. The zero-order valence-corrected chi connectivity index (χ0v) is 18.6. The number of carbonyl (C=O) groups excluding carboxylic acids is 2. The van der Waals surface area contributed by atoms with Gasteiger partial charge in [-0.3, -0.25) is 9.59 Å². The Kier molecular flexibility index (Phi) is 6.38. The number of nitrogens with zero attached hydrogens (tertiary/aromatic N) is 4. The van der Waals surface area contributed by atoms with Crippen LogP contribution in [0.25, 0.3) is 5.65 Å². The number of carbonyl (C=O) groups is 2. The van der Waals surface area contributed by atoms with Gasteiger partial charge in [-0.15, -0.1) is 5.10 Å². The van der Waals surface area contributed by atoms with E-state index < -0.39 is 11.6 Å². The van der Waals surface area contributed by atoms with Crippen LogP contribution in [0.2, 0.25) is 5.02 Å². The van der Waals surface area contributed by atoms with Crippen molar-refractivity contribution in [3.63, 3.8) is 0 Å². The van der Waals surface area contributed by atoms with Crippen molar-refractivity contribution in [2.24, 2.45) is 0 Å². The Morgan fingerprint density at radius 3 is 2.69 bits per heavy atom. The highest BCUT2D eigenvalue weighted by Crippen LogP contribution is 2.24. The van der Waals surface area contributed by atoms with Crippen LogP contribution in [0.3, 0.4) is 0 Å². The van der Waals surface area contributed by atoms with Crippen LogP contribution in [0.15, 0.2) is 70.7 Å². The van der Waals surface area contributed by atoms with E-state index >= 15 is 0 Å². The molecular weight excluding hydrogens is 450 g/mol. The summed E-state index contributed by atoms with van der Waals surface area (Å²) in [7, 11) is 0. The SMILES string of the molecule is CC(=O)c1cccc(NC(=O)Cn2nc3c(SCc4ccc(Cl)cc4)nccn3c2=O)c1. The summed E-state index contributed by atoms with van der Waals surface area (Å²) in [6.45, 7) is 1.18. The van der Waals surface area contributed by atoms with Gasteiger partial charge in [0.2, 0.25) is 5.91 Å². The number of halogens is 1. The van der Waals surface area contributed by atoms with Crippen LogP contribution >= 0.6 is 23.4 Å². The molecule has 1 N–H and O–H groups in total. The molecule has 0 atom stereocenters. The molecule has 0 saturated carbocycles. The molecule has 10 heteroatoms. The number of Topliss-reactive ketones (excluding diaryl/α,β-unsaturated/α-hetero) is 1. The number of ketones is 1. The van der Waals surface area contributed by atoms with Crippen molar-refractivity contribution in [2.45, 2.75) is 24.2 Å².